The van der Waals surface area contributed by atoms with Gasteiger partial charge in [0.15, 0.2) is 0 Å². The summed E-state index contributed by atoms with van der Waals surface area (Å²) in [6.45, 7) is 5.41. The van der Waals surface area contributed by atoms with Gasteiger partial charge < -0.3 is 4.90 Å². The molecule has 0 aromatic carbocycles. The number of hydrogen-bond acceptors (Lipinski definition) is 1. The van der Waals surface area contributed by atoms with Gasteiger partial charge >= 0.3 is 0 Å². The monoisotopic (exact) mass is 135 g/mol. The van der Waals surface area contributed by atoms with E-state index >= 15 is 0 Å². The lowest BCUT2D eigenvalue weighted by atomic mass is 10.4. The molecule has 54 valence electrons. The first kappa shape index (κ1) is 8.84. The summed E-state index contributed by atoms with van der Waals surface area (Å²) in [4.78, 5) is 1.96. The Bertz CT molecular complexity index is 199. The molecule has 0 saturated heterocycles. The van der Waals surface area contributed by atoms with Gasteiger partial charge in [-0.05, 0) is 25.3 Å². The molecule has 0 radical (unpaired) electrons. The normalized spacial score (nSPS) is 8.70. The minimum atomic E-state index is 0.984. The van der Waals surface area contributed by atoms with E-state index in [4.69, 9.17) is 0 Å². The van der Waals surface area contributed by atoms with E-state index in [2.05, 4.69) is 18.0 Å². The van der Waals surface area contributed by atoms with Crippen LogP contribution in [0.1, 0.15) is 6.92 Å². The second-order valence-electron chi connectivity index (χ2n) is 2.08. The second kappa shape index (κ2) is 4.69. The van der Waals surface area contributed by atoms with Crippen molar-refractivity contribution in [1.82, 2.24) is 4.90 Å². The Morgan fingerprint density at radius 3 is 2.40 bits per heavy atom. The number of likely N-dealkylation sites (N-methyl/N-ethyl adjacent to an activating group) is 1. The summed E-state index contributed by atoms with van der Waals surface area (Å²) in [7, 11) is 3.92. The van der Waals surface area contributed by atoms with Gasteiger partial charge in [-0.1, -0.05) is 11.8 Å². The van der Waals surface area contributed by atoms with Gasteiger partial charge in [-0.15, -0.1) is 0 Å². The predicted molar refractivity (Wildman–Crippen MR) is 44.7 cm³/mol. The highest BCUT2D eigenvalue weighted by Gasteiger charge is 1.88. The molecule has 1 nitrogen and oxygen atoms in total. The van der Waals surface area contributed by atoms with Crippen molar-refractivity contribution in [3.8, 4) is 0 Å². The molecule has 0 unspecified atom stereocenters. The van der Waals surface area contributed by atoms with E-state index in [0.29, 0.717) is 0 Å². The maximum absolute atomic E-state index is 3.45. The van der Waals surface area contributed by atoms with E-state index < -0.39 is 0 Å². The Labute approximate surface area is 62.7 Å². The van der Waals surface area contributed by atoms with Crippen molar-refractivity contribution in [3.63, 3.8) is 0 Å². The summed E-state index contributed by atoms with van der Waals surface area (Å²) < 4.78 is 0. The number of nitrogens with zero attached hydrogens (tertiary/aromatic N) is 1. The van der Waals surface area contributed by atoms with Gasteiger partial charge in [0.25, 0.3) is 0 Å². The summed E-state index contributed by atoms with van der Waals surface area (Å²) in [5.74, 6) is 0. The lowest BCUT2D eigenvalue weighted by Crippen LogP contribution is -2.07. The van der Waals surface area contributed by atoms with Gasteiger partial charge in [0.1, 0.15) is 0 Å². The highest BCUT2D eigenvalue weighted by atomic mass is 15.1. The summed E-state index contributed by atoms with van der Waals surface area (Å²) >= 11 is 0. The van der Waals surface area contributed by atoms with Gasteiger partial charge in [0, 0.05) is 14.1 Å². The third kappa shape index (κ3) is 2.99. The van der Waals surface area contributed by atoms with Crippen molar-refractivity contribution >= 4 is 0 Å². The van der Waals surface area contributed by atoms with Crippen LogP contribution in [-0.2, 0) is 0 Å². The number of allylic oxidation sites excluding steroid dienone is 2. The van der Waals surface area contributed by atoms with Crippen LogP contribution in [0.25, 0.3) is 0 Å². The van der Waals surface area contributed by atoms with Crippen LogP contribution >= 0.6 is 0 Å². The first-order valence-electron chi connectivity index (χ1n) is 3.17. The van der Waals surface area contributed by atoms with E-state index in [1.54, 1.807) is 0 Å². The van der Waals surface area contributed by atoms with E-state index in [1.165, 1.54) is 0 Å². The van der Waals surface area contributed by atoms with Crippen LogP contribution in [0.4, 0.5) is 0 Å². The molecule has 10 heavy (non-hydrogen) atoms. The summed E-state index contributed by atoms with van der Waals surface area (Å²) in [5.41, 5.74) is 6.47. The average molecular weight is 135 g/mol. The lowest BCUT2D eigenvalue weighted by molar-refractivity contribution is 0.531. The molecule has 0 amide bonds. The Morgan fingerprint density at radius 2 is 2.10 bits per heavy atom. The molecule has 0 N–H and O–H groups in total. The zero-order valence-corrected chi connectivity index (χ0v) is 6.81. The maximum atomic E-state index is 3.45. The molecular formula is C9H13N. The first-order chi connectivity index (χ1) is 4.72. The maximum Gasteiger partial charge on any atom is 0.0874 e. The van der Waals surface area contributed by atoms with Crippen molar-refractivity contribution in [2.75, 3.05) is 14.1 Å². The highest BCUT2D eigenvalue weighted by Crippen LogP contribution is 1.96. The van der Waals surface area contributed by atoms with E-state index in [1.807, 2.05) is 38.1 Å². The van der Waals surface area contributed by atoms with Crippen molar-refractivity contribution in [1.29, 1.82) is 0 Å². The fourth-order valence-electron chi connectivity index (χ4n) is 0.551. The molecule has 0 heterocycles. The average Bonchev–Trinajstić information content (AvgIpc) is 1.87. The minimum Gasteiger partial charge on any atom is -0.371 e. The van der Waals surface area contributed by atoms with Crippen LogP contribution in [-0.4, -0.2) is 19.0 Å². The first-order valence-corrected chi connectivity index (χ1v) is 3.17. The van der Waals surface area contributed by atoms with Crippen LogP contribution in [0, 0.1) is 0 Å². The molecule has 0 aromatic heterocycles. The molecule has 0 saturated carbocycles. The molecule has 1 heteroatoms. The van der Waals surface area contributed by atoms with Gasteiger partial charge in [-0.2, -0.15) is 0 Å². The molecule has 0 fully saturated rings. The fourth-order valence-corrected chi connectivity index (χ4v) is 0.551. The number of hydrogen-bond donors (Lipinski definition) is 0. The quantitative estimate of drug-likeness (QED) is 0.413. The Kier molecular flexibility index (Phi) is 4.15. The van der Waals surface area contributed by atoms with Gasteiger partial charge in [-0.3, -0.25) is 0 Å². The Balaban J connectivity index is 4.60. The third-order valence-corrected chi connectivity index (χ3v) is 1.02. The largest absolute Gasteiger partial charge is 0.371 e. The third-order valence-electron chi connectivity index (χ3n) is 1.02. The molecule has 0 spiro atoms. The van der Waals surface area contributed by atoms with Gasteiger partial charge in [-0.25, -0.2) is 0 Å². The fraction of sp³-hybridized carbons (Fsp3) is 0.333. The predicted octanol–water partition coefficient (Wildman–Crippen LogP) is 1.95. The zero-order valence-electron chi connectivity index (χ0n) is 6.81. The van der Waals surface area contributed by atoms with Gasteiger partial charge in [0.2, 0.25) is 0 Å². The zero-order chi connectivity index (χ0) is 7.98. The Hall–Kier alpha value is -1.16. The summed E-state index contributed by atoms with van der Waals surface area (Å²) in [6, 6.07) is 0. The summed E-state index contributed by atoms with van der Waals surface area (Å²) in [6.07, 6.45) is 3.91. The molecule has 0 rings (SSSR count). The van der Waals surface area contributed by atoms with Crippen LogP contribution < -0.4 is 0 Å². The van der Waals surface area contributed by atoms with E-state index in [9.17, 15) is 0 Å². The number of rotatable bonds is 2. The van der Waals surface area contributed by atoms with Gasteiger partial charge in [0.05, 0.1) is 5.70 Å². The molecule has 0 aromatic rings. The van der Waals surface area contributed by atoms with Crippen LogP contribution in [0.2, 0.25) is 0 Å². The molecule has 0 atom stereocenters. The SMILES string of the molecule is C=C=C=C(/C=C\C)N(C)C. The van der Waals surface area contributed by atoms with Crippen LogP contribution in [0.5, 0.6) is 0 Å². The topological polar surface area (TPSA) is 3.24 Å². The van der Waals surface area contributed by atoms with Crippen molar-refractivity contribution in [2.45, 2.75) is 6.92 Å². The van der Waals surface area contributed by atoms with E-state index in [0.717, 1.165) is 5.70 Å². The highest BCUT2D eigenvalue weighted by molar-refractivity contribution is 5.14. The smallest absolute Gasteiger partial charge is 0.0874 e. The van der Waals surface area contributed by atoms with E-state index in [-0.39, 0.29) is 0 Å². The standard InChI is InChI=1S/C9H13N/c1-5-7-9(8-6-2)10(3)4/h6,8H,1H2,2-4H3/b8-6-. The van der Waals surface area contributed by atoms with Crippen LogP contribution in [0.3, 0.4) is 0 Å². The summed E-state index contributed by atoms with van der Waals surface area (Å²) in [5, 5.41) is 0. The molecule has 0 aliphatic rings. The minimum absolute atomic E-state index is 0.984. The van der Waals surface area contributed by atoms with Crippen molar-refractivity contribution in [2.24, 2.45) is 0 Å². The molecular weight excluding hydrogens is 122 g/mol. The molecule has 0 aliphatic heterocycles. The molecule has 0 bridgehead atoms. The Morgan fingerprint density at radius 1 is 1.50 bits per heavy atom. The van der Waals surface area contributed by atoms with Crippen molar-refractivity contribution < 1.29 is 0 Å². The van der Waals surface area contributed by atoms with Crippen LogP contribution in [0.15, 0.2) is 35.9 Å². The lowest BCUT2D eigenvalue weighted by Gasteiger charge is -2.09. The van der Waals surface area contributed by atoms with Crippen molar-refractivity contribution in [3.05, 3.63) is 35.9 Å². The second-order valence-corrected chi connectivity index (χ2v) is 2.08. The molecule has 0 aliphatic carbocycles.